The molecular weight excluding hydrogens is 1920 g/mol. The van der Waals surface area contributed by atoms with Gasteiger partial charge in [0.25, 0.3) is 0 Å². The maximum Gasteiger partial charge on any atom is 0.416 e. The van der Waals surface area contributed by atoms with Gasteiger partial charge in [-0.15, -0.1) is 0 Å². The van der Waals surface area contributed by atoms with E-state index in [-0.39, 0.29) is 155 Å². The minimum Gasteiger partial charge on any atom is -0.505 e. The summed E-state index contributed by atoms with van der Waals surface area (Å²) >= 11 is 21.8. The van der Waals surface area contributed by atoms with Gasteiger partial charge in [-0.3, -0.25) is 0 Å². The number of likely N-dealkylation sites (tertiary alicyclic amines) is 3. The Hall–Kier alpha value is -9.98. The number of aromatic hydroxyl groups is 1. The molecule has 0 aliphatic carbocycles. The van der Waals surface area contributed by atoms with Crippen molar-refractivity contribution in [3.05, 3.63) is 248 Å². The van der Waals surface area contributed by atoms with Gasteiger partial charge in [0.15, 0.2) is 27.1 Å². The summed E-state index contributed by atoms with van der Waals surface area (Å²) in [4.78, 5) is 78.2. The molecule has 3 saturated heterocycles. The molecule has 39 heteroatoms. The van der Waals surface area contributed by atoms with E-state index in [1.165, 1.54) is 43.0 Å². The number of aliphatic hydroxyl groups is 1. The molecule has 3 amide bonds. The number of aliphatic hydroxyl groups excluding tert-OH is 1. The normalized spacial score (nSPS) is 18.5. The van der Waals surface area contributed by atoms with Crippen LogP contribution in [0.2, 0.25) is 15.1 Å². The lowest BCUT2D eigenvalue weighted by atomic mass is 9.86. The molecule has 12 rings (SSSR count). The standard InChI is InChI=1S/C33H40ClF3N4O5S.C33H40ClF3N4O3S.C30H34ClF3N4O3.C3H8OS/c1-5-27-17-28(18-29(15-23-9-7-6-8-10-23)41(27)32(42)46-22(2)3)40(21-24-13-25(33(35,36)37)16-26(34)14-24)31-38-19-30(20-39-31)45-11-12-47(4,43)44;1-5-27-17-28(18-29(15-23-9-7-6-8-10-23)41(27)32(42)44-22(2)3)40(31-38-19-30(20-39-31)43-11-12-45-4)21-24-13-25(33(35,36)37)16-26(34)14-24;1-4-24-14-25(15-26(12-20-8-6-5-7-9-20)38(24)29(40)41-19(2)3)37(28-35-16-27(39)17-36-28)18-21-10-22(30(32,33)34)13-23(31)11-21;1-5-3-2-4/h6-10,13-14,16,19-20,22,27-29H,5,11-12,15,17-18,21H2,1-4H3;6-10,13-14,16,19-20,22,27-29H,5,11-12,15,17-18,21H2,1-4H3;5-11,13,16-17,19,24-26,39H,4,12,14-15,18H2,1-3H3;4H,2-3H2,1H3/t2*27-,28+,29+;24-,25+,26+;/m111./s1. The zero-order chi connectivity index (χ0) is 101. The Bertz CT molecular complexity index is 5380. The van der Waals surface area contributed by atoms with Crippen LogP contribution in [0.4, 0.5) is 71.7 Å². The molecule has 0 unspecified atom stereocenters. The zero-order valence-corrected chi connectivity index (χ0v) is 83.9. The van der Waals surface area contributed by atoms with E-state index in [0.29, 0.717) is 119 Å². The van der Waals surface area contributed by atoms with Crippen LogP contribution >= 0.6 is 58.3 Å². The maximum atomic E-state index is 13.7. The summed E-state index contributed by atoms with van der Waals surface area (Å²) in [6.07, 6.45) is 4.48. The van der Waals surface area contributed by atoms with Gasteiger partial charge < -0.3 is 63.3 Å². The molecule has 6 aromatic carbocycles. The number of anilines is 3. The Balaban J connectivity index is 0.000000226. The summed E-state index contributed by atoms with van der Waals surface area (Å²) < 4.78 is 175. The van der Waals surface area contributed by atoms with Crippen LogP contribution in [-0.4, -0.2) is 210 Å². The van der Waals surface area contributed by atoms with E-state index in [9.17, 15) is 67.4 Å². The number of carbonyl (C=O) groups excluding carboxylic acids is 3. The van der Waals surface area contributed by atoms with Crippen molar-refractivity contribution in [3.8, 4) is 17.2 Å². The molecular formula is C99H122Cl3F9N12O12S3. The number of carbonyl (C=O) groups is 3. The Morgan fingerprint density at radius 3 is 0.949 bits per heavy atom. The van der Waals surface area contributed by atoms with E-state index in [2.05, 4.69) is 29.9 Å². The first-order valence-corrected chi connectivity index (χ1v) is 51.6. The van der Waals surface area contributed by atoms with Crippen molar-refractivity contribution in [2.45, 2.75) is 250 Å². The van der Waals surface area contributed by atoms with Crippen LogP contribution in [0.5, 0.6) is 17.2 Å². The quantitative estimate of drug-likeness (QED) is 0.0215. The van der Waals surface area contributed by atoms with E-state index in [0.717, 1.165) is 70.9 Å². The van der Waals surface area contributed by atoms with Gasteiger partial charge in [0.2, 0.25) is 17.8 Å². The summed E-state index contributed by atoms with van der Waals surface area (Å²) in [6.45, 7) is 17.7. The lowest BCUT2D eigenvalue weighted by Crippen LogP contribution is -2.58. The Kier molecular flexibility index (Phi) is 42.9. The third kappa shape index (κ3) is 34.8. The number of rotatable bonds is 34. The van der Waals surface area contributed by atoms with Gasteiger partial charge in [-0.05, 0) is 219 Å². The lowest BCUT2D eigenvalue weighted by Gasteiger charge is -2.47. The number of alkyl halides is 9. The average molecular weight is 2050 g/mol. The van der Waals surface area contributed by atoms with Gasteiger partial charge in [-0.25, -0.2) is 52.7 Å². The second-order valence-electron chi connectivity index (χ2n) is 34.7. The number of thioether (sulfide) groups is 2. The molecule has 3 aliphatic rings. The summed E-state index contributed by atoms with van der Waals surface area (Å²) in [5.74, 6) is 2.97. The highest BCUT2D eigenvalue weighted by molar-refractivity contribution is 7.98. The molecule has 0 spiro atoms. The largest absolute Gasteiger partial charge is 0.505 e. The molecule has 0 radical (unpaired) electrons. The van der Waals surface area contributed by atoms with Crippen molar-refractivity contribution in [2.75, 3.05) is 70.5 Å². The van der Waals surface area contributed by atoms with Gasteiger partial charge in [-0.2, -0.15) is 63.0 Å². The number of hydrogen-bond donors (Lipinski definition) is 2. The highest BCUT2D eigenvalue weighted by Gasteiger charge is 2.47. The van der Waals surface area contributed by atoms with Gasteiger partial charge in [0.1, 0.15) is 6.61 Å². The number of piperidine rings is 3. The van der Waals surface area contributed by atoms with Crippen LogP contribution < -0.4 is 24.2 Å². The van der Waals surface area contributed by atoms with Gasteiger partial charge in [-0.1, -0.05) is 147 Å². The number of nitrogens with zero attached hydrogens (tertiary/aromatic N) is 12. The molecule has 3 aromatic heterocycles. The summed E-state index contributed by atoms with van der Waals surface area (Å²) in [6, 6.07) is 37.9. The highest BCUT2D eigenvalue weighted by Crippen LogP contribution is 2.42. The highest BCUT2D eigenvalue weighted by atomic mass is 35.5. The first kappa shape index (κ1) is 112. The maximum absolute atomic E-state index is 13.7. The van der Waals surface area contributed by atoms with Crippen LogP contribution in [0.25, 0.3) is 0 Å². The van der Waals surface area contributed by atoms with E-state index >= 15 is 0 Å². The first-order valence-electron chi connectivity index (χ1n) is 45.6. The fourth-order valence-corrected chi connectivity index (χ4v) is 18.6. The number of amides is 3. The van der Waals surface area contributed by atoms with Gasteiger partial charge >= 0.3 is 36.8 Å². The summed E-state index contributed by atoms with van der Waals surface area (Å²) in [5.41, 5.74) is 1.66. The van der Waals surface area contributed by atoms with E-state index in [1.807, 2.05) is 181 Å². The summed E-state index contributed by atoms with van der Waals surface area (Å²) in [5, 5.41) is 17.8. The smallest absolute Gasteiger partial charge is 0.416 e. The SMILES string of the molecule is CC[C@@H]1C[C@H](N(Cc2cc(Cl)cc(C(F)(F)F)c2)c2ncc(O)cn2)C[C@H](Cc2ccccc2)N1C(=O)OC(C)C.CC[C@@H]1C[C@H](N(Cc2cc(Cl)cc(C(F)(F)F)c2)c2ncc(OCCS(C)(=O)=O)cn2)C[C@H](Cc2ccccc2)N1C(=O)OC(C)C.CC[C@@H]1C[C@H](N(Cc2cc(Cl)cc(C(F)(F)F)c2)c2ncc(OCCSC)cn2)C[C@H](Cc2ccccc2)N1C(=O)OC(C)C.CSCCO. The Morgan fingerprint density at radius 2 is 0.703 bits per heavy atom. The molecule has 752 valence electrons. The molecule has 9 aromatic rings. The van der Waals surface area contributed by atoms with E-state index < -0.39 is 51.1 Å². The number of ether oxygens (including phenoxy) is 5. The van der Waals surface area contributed by atoms with Crippen LogP contribution in [0, 0.1) is 0 Å². The van der Waals surface area contributed by atoms with Crippen LogP contribution in [0.1, 0.15) is 170 Å². The van der Waals surface area contributed by atoms with Crippen molar-refractivity contribution in [2.24, 2.45) is 0 Å². The third-order valence-electron chi connectivity index (χ3n) is 23.1. The van der Waals surface area contributed by atoms with Crippen molar-refractivity contribution in [3.63, 3.8) is 0 Å². The molecule has 9 atom stereocenters. The van der Waals surface area contributed by atoms with Gasteiger partial charge in [0.05, 0.1) is 91.1 Å². The van der Waals surface area contributed by atoms with E-state index in [1.54, 1.807) is 49.8 Å². The number of benzene rings is 6. The molecule has 3 aliphatic heterocycles. The molecule has 138 heavy (non-hydrogen) atoms. The van der Waals surface area contributed by atoms with Crippen LogP contribution in [0.3, 0.4) is 0 Å². The van der Waals surface area contributed by atoms with Crippen molar-refractivity contribution in [1.29, 1.82) is 0 Å². The average Bonchev–Trinajstić information content (AvgIpc) is 0.782. The Labute approximate surface area is 825 Å². The van der Waals surface area contributed by atoms with Crippen molar-refractivity contribution >= 4 is 104 Å². The van der Waals surface area contributed by atoms with Crippen molar-refractivity contribution in [1.82, 2.24) is 44.6 Å². The topological polar surface area (TPSA) is 269 Å². The molecule has 6 heterocycles. The second kappa shape index (κ2) is 53.0. The zero-order valence-electron chi connectivity index (χ0n) is 79.2. The van der Waals surface area contributed by atoms with Crippen LogP contribution in [0.15, 0.2) is 183 Å². The minimum atomic E-state index is -4.60. The molecule has 0 bridgehead atoms. The summed E-state index contributed by atoms with van der Waals surface area (Å²) in [7, 11) is -3.24. The minimum absolute atomic E-state index is 0.00197. The fraction of sp³-hybridized carbons (Fsp3) is 0.485. The number of halogens is 12. The molecule has 24 nitrogen and oxygen atoms in total. The Morgan fingerprint density at radius 1 is 0.428 bits per heavy atom. The molecule has 3 fully saturated rings. The van der Waals surface area contributed by atoms with Crippen LogP contribution in [-0.2, 0) is 81.5 Å². The monoisotopic (exact) mass is 2040 g/mol. The molecule has 0 saturated carbocycles. The first-order chi connectivity index (χ1) is 65.5. The number of sulfone groups is 1. The van der Waals surface area contributed by atoms with Crippen molar-refractivity contribution < 1.29 is 96.2 Å². The second-order valence-corrected chi connectivity index (χ2v) is 40.3. The fourth-order valence-electron chi connectivity index (χ4n) is 17.1. The van der Waals surface area contributed by atoms with E-state index in [4.69, 9.17) is 63.6 Å². The third-order valence-corrected chi connectivity index (χ3v) is 25.8. The number of hydrogen-bond acceptors (Lipinski definition) is 23. The van der Waals surface area contributed by atoms with Gasteiger partial charge in [0, 0.05) is 107 Å². The lowest BCUT2D eigenvalue weighted by molar-refractivity contribution is -0.138. The predicted molar refractivity (Wildman–Crippen MR) is 524 cm³/mol. The molecule has 2 N–H and O–H groups in total. The predicted octanol–water partition coefficient (Wildman–Crippen LogP) is 22.9. The number of aromatic nitrogens is 6.